The van der Waals surface area contributed by atoms with E-state index < -0.39 is 26.1 Å². The van der Waals surface area contributed by atoms with E-state index in [1.807, 2.05) is 6.07 Å². The number of hydrogen-bond acceptors (Lipinski definition) is 3. The second kappa shape index (κ2) is 6.36. The molecule has 1 rings (SSSR count). The average Bonchev–Trinajstić information content (AvgIpc) is 2.25. The number of anilines is 1. The third-order valence-electron chi connectivity index (χ3n) is 2.97. The van der Waals surface area contributed by atoms with Gasteiger partial charge in [0.2, 0.25) is 0 Å². The highest BCUT2D eigenvalue weighted by molar-refractivity contribution is 6.86. The van der Waals surface area contributed by atoms with Crippen molar-refractivity contribution in [1.29, 1.82) is 0 Å². The van der Waals surface area contributed by atoms with Crippen LogP contribution in [0.1, 0.15) is 0 Å². The molecule has 0 amide bonds. The highest BCUT2D eigenvalue weighted by atomic mass is 28.5. The maximum Gasteiger partial charge on any atom is 0.312 e. The van der Waals surface area contributed by atoms with Gasteiger partial charge in [-0.05, 0) is 58.5 Å². The largest absolute Gasteiger partial charge is 0.440 e. The molecule has 0 fully saturated rings. The summed E-state index contributed by atoms with van der Waals surface area (Å²) in [7, 11) is -2.90. The Labute approximate surface area is 121 Å². The highest BCUT2D eigenvalue weighted by Gasteiger charge is 2.38. The number of hydrogen-bond donors (Lipinski definition) is 0. The molecule has 0 atom stereocenters. The molecule has 0 spiro atoms. The molecular weight excluding hydrogens is 286 g/mol. The van der Waals surface area contributed by atoms with Crippen molar-refractivity contribution in [3.05, 3.63) is 30.3 Å². The summed E-state index contributed by atoms with van der Waals surface area (Å²) >= 11 is 0. The van der Waals surface area contributed by atoms with Gasteiger partial charge in [0, 0.05) is 5.69 Å². The average molecular weight is 314 g/mol. The van der Waals surface area contributed by atoms with Crippen molar-refractivity contribution in [1.82, 2.24) is 0 Å². The second-order valence-electron chi connectivity index (χ2n) is 6.01. The molecule has 1 aromatic rings. The van der Waals surface area contributed by atoms with E-state index in [4.69, 9.17) is 8.23 Å². The lowest BCUT2D eigenvalue weighted by Gasteiger charge is -2.40. The Morgan fingerprint density at radius 3 is 2.00 bits per heavy atom. The van der Waals surface area contributed by atoms with Gasteiger partial charge in [0.25, 0.3) is 8.48 Å². The van der Waals surface area contributed by atoms with E-state index in [9.17, 15) is 0 Å². The van der Waals surface area contributed by atoms with Gasteiger partial charge in [0.05, 0.1) is 0 Å². The van der Waals surface area contributed by atoms with Crippen molar-refractivity contribution in [2.75, 3.05) is 11.6 Å². The minimum absolute atomic E-state index is 1.05. The van der Waals surface area contributed by atoms with Crippen LogP contribution in [0.2, 0.25) is 39.3 Å². The highest BCUT2D eigenvalue weighted by Crippen LogP contribution is 2.24. The minimum atomic E-state index is -2.02. The van der Waals surface area contributed by atoms with E-state index in [1.165, 1.54) is 5.69 Å². The smallest absolute Gasteiger partial charge is 0.312 e. The van der Waals surface area contributed by atoms with Crippen molar-refractivity contribution in [3.63, 3.8) is 0 Å². The van der Waals surface area contributed by atoms with Gasteiger partial charge in [-0.3, -0.25) is 0 Å². The first-order valence-corrected chi connectivity index (χ1v) is 15.3. The minimum Gasteiger partial charge on any atom is -0.440 e. The lowest BCUT2D eigenvalue weighted by molar-refractivity contribution is 0.400. The zero-order valence-corrected chi connectivity index (χ0v) is 16.4. The Morgan fingerprint density at radius 2 is 1.53 bits per heavy atom. The standard InChI is InChI=1S/C13H27NO2Si3/c1-14(13-11-9-8-10-12-13)18(4,5)16-19(6,7)15-17(2)3/h8-12,17H,1-7H3. The maximum atomic E-state index is 6.47. The molecule has 0 heterocycles. The third kappa shape index (κ3) is 5.23. The maximum absolute atomic E-state index is 6.47. The van der Waals surface area contributed by atoms with Crippen LogP contribution in [0, 0.1) is 0 Å². The number of benzene rings is 1. The molecule has 0 bridgehead atoms. The quantitative estimate of drug-likeness (QED) is 0.750. The predicted octanol–water partition coefficient (Wildman–Crippen LogP) is 3.54. The van der Waals surface area contributed by atoms with Gasteiger partial charge in [0.15, 0.2) is 9.04 Å². The molecule has 0 radical (unpaired) electrons. The number of para-hydroxylation sites is 1. The molecule has 0 aromatic heterocycles. The Kier molecular flexibility index (Phi) is 5.57. The first kappa shape index (κ1) is 16.6. The summed E-state index contributed by atoms with van der Waals surface area (Å²) in [5, 5.41) is 0. The van der Waals surface area contributed by atoms with E-state index in [1.54, 1.807) is 0 Å². The zero-order valence-electron chi connectivity index (χ0n) is 13.2. The summed E-state index contributed by atoms with van der Waals surface area (Å²) in [5.74, 6) is 0. The Morgan fingerprint density at radius 1 is 1.00 bits per heavy atom. The molecule has 19 heavy (non-hydrogen) atoms. The first-order chi connectivity index (χ1) is 8.64. The summed E-state index contributed by atoms with van der Waals surface area (Å²) in [6, 6.07) is 10.4. The molecule has 0 aliphatic carbocycles. The molecule has 0 saturated carbocycles. The zero-order chi connectivity index (χ0) is 14.7. The van der Waals surface area contributed by atoms with Crippen LogP contribution in [-0.4, -0.2) is 33.1 Å². The van der Waals surface area contributed by atoms with Gasteiger partial charge < -0.3 is 12.8 Å². The van der Waals surface area contributed by atoms with Gasteiger partial charge in [-0.25, -0.2) is 0 Å². The monoisotopic (exact) mass is 313 g/mol. The van der Waals surface area contributed by atoms with Crippen LogP contribution < -0.4 is 4.57 Å². The van der Waals surface area contributed by atoms with E-state index >= 15 is 0 Å². The van der Waals surface area contributed by atoms with Crippen LogP contribution in [0.4, 0.5) is 5.69 Å². The Balaban J connectivity index is 2.80. The summed E-state index contributed by atoms with van der Waals surface area (Å²) in [4.78, 5) is 0. The van der Waals surface area contributed by atoms with Gasteiger partial charge in [0.1, 0.15) is 0 Å². The first-order valence-electron chi connectivity index (χ1n) is 6.81. The fourth-order valence-electron chi connectivity index (χ4n) is 2.22. The topological polar surface area (TPSA) is 21.7 Å². The predicted molar refractivity (Wildman–Crippen MR) is 90.9 cm³/mol. The molecule has 0 unspecified atom stereocenters. The third-order valence-corrected chi connectivity index (χ3v) is 13.0. The van der Waals surface area contributed by atoms with Gasteiger partial charge >= 0.3 is 8.56 Å². The van der Waals surface area contributed by atoms with E-state index in [-0.39, 0.29) is 0 Å². The van der Waals surface area contributed by atoms with E-state index in [0.717, 1.165) is 0 Å². The van der Waals surface area contributed by atoms with Crippen molar-refractivity contribution in [2.45, 2.75) is 39.3 Å². The summed E-state index contributed by atoms with van der Waals surface area (Å²) in [6.45, 7) is 13.2. The summed E-state index contributed by atoms with van der Waals surface area (Å²) in [6.07, 6.45) is 0. The number of nitrogens with zero attached hydrogens (tertiary/aromatic N) is 1. The van der Waals surface area contributed by atoms with E-state index in [0.29, 0.717) is 0 Å². The van der Waals surface area contributed by atoms with Crippen LogP contribution in [0.15, 0.2) is 30.3 Å². The molecule has 0 saturated heterocycles. The van der Waals surface area contributed by atoms with Crippen molar-refractivity contribution < 1.29 is 8.23 Å². The molecule has 108 valence electrons. The molecule has 6 heteroatoms. The fraction of sp³-hybridized carbons (Fsp3) is 0.538. The van der Waals surface area contributed by atoms with Gasteiger partial charge in [-0.1, -0.05) is 18.2 Å². The van der Waals surface area contributed by atoms with Crippen LogP contribution in [-0.2, 0) is 8.23 Å². The molecule has 1 aromatic carbocycles. The van der Waals surface area contributed by atoms with Crippen molar-refractivity contribution in [3.8, 4) is 0 Å². The lowest BCUT2D eigenvalue weighted by atomic mass is 10.3. The second-order valence-corrected chi connectivity index (χ2v) is 16.2. The molecule has 3 nitrogen and oxygen atoms in total. The van der Waals surface area contributed by atoms with Crippen LogP contribution >= 0.6 is 0 Å². The Hall–Kier alpha value is -0.409. The molecule has 0 aliphatic rings. The summed E-state index contributed by atoms with van der Waals surface area (Å²) in [5.41, 5.74) is 1.21. The SMILES string of the molecule is CN(c1ccccc1)[Si](C)(C)O[Si](C)(C)O[SiH](C)C. The van der Waals surface area contributed by atoms with Crippen molar-refractivity contribution >= 4 is 31.8 Å². The van der Waals surface area contributed by atoms with E-state index in [2.05, 4.69) is 75.2 Å². The van der Waals surface area contributed by atoms with Crippen LogP contribution in [0.3, 0.4) is 0 Å². The van der Waals surface area contributed by atoms with Gasteiger partial charge in [-0.15, -0.1) is 0 Å². The molecular formula is C13H27NO2Si3. The van der Waals surface area contributed by atoms with Gasteiger partial charge in [-0.2, -0.15) is 0 Å². The normalized spacial score (nSPS) is 12.8. The molecule has 0 N–H and O–H groups in total. The molecule has 0 aliphatic heterocycles. The summed E-state index contributed by atoms with van der Waals surface area (Å²) < 4.78 is 14.9. The number of rotatable bonds is 6. The fourth-order valence-corrected chi connectivity index (χ4v) is 13.5. The van der Waals surface area contributed by atoms with Crippen molar-refractivity contribution in [2.24, 2.45) is 0 Å². The van der Waals surface area contributed by atoms with Crippen LogP contribution in [0.25, 0.3) is 0 Å². The Bertz CT molecular complexity index is 396. The van der Waals surface area contributed by atoms with Crippen LogP contribution in [0.5, 0.6) is 0 Å². The lowest BCUT2D eigenvalue weighted by Crippen LogP contribution is -2.57.